The number of nitrogens with zero attached hydrogens (tertiary/aromatic N) is 2. The SMILES string of the molecule is COc1nc(CC#N)ccc1-c1c(Cl)cccc1Cl. The van der Waals surface area contributed by atoms with E-state index in [-0.39, 0.29) is 6.42 Å². The molecule has 0 saturated carbocycles. The van der Waals surface area contributed by atoms with Crippen LogP contribution in [0.3, 0.4) is 0 Å². The molecular formula is C14H10Cl2N2O. The van der Waals surface area contributed by atoms with Gasteiger partial charge in [0.05, 0.1) is 35.3 Å². The third-order valence-corrected chi connectivity index (χ3v) is 3.23. The minimum absolute atomic E-state index is 0.229. The molecule has 1 aromatic carbocycles. The molecule has 0 saturated heterocycles. The first kappa shape index (κ1) is 13.7. The van der Waals surface area contributed by atoms with Gasteiger partial charge in [-0.15, -0.1) is 0 Å². The number of pyridine rings is 1. The maximum absolute atomic E-state index is 8.68. The van der Waals surface area contributed by atoms with Crippen LogP contribution in [0.1, 0.15) is 5.69 Å². The molecule has 0 N–H and O–H groups in total. The molecule has 0 unspecified atom stereocenters. The molecule has 5 heteroatoms. The molecule has 0 amide bonds. The average molecular weight is 293 g/mol. The summed E-state index contributed by atoms with van der Waals surface area (Å²) in [5.41, 5.74) is 2.03. The number of halogens is 2. The summed E-state index contributed by atoms with van der Waals surface area (Å²) in [5.74, 6) is 0.405. The summed E-state index contributed by atoms with van der Waals surface area (Å²) in [6, 6.07) is 10.9. The van der Waals surface area contributed by atoms with Crippen molar-refractivity contribution in [1.82, 2.24) is 4.98 Å². The van der Waals surface area contributed by atoms with Crippen LogP contribution >= 0.6 is 23.2 Å². The Morgan fingerprint density at radius 2 is 1.89 bits per heavy atom. The summed E-state index contributed by atoms with van der Waals surface area (Å²) in [6.07, 6.45) is 0.229. The first-order valence-corrected chi connectivity index (χ1v) is 6.28. The van der Waals surface area contributed by atoms with E-state index >= 15 is 0 Å². The lowest BCUT2D eigenvalue weighted by atomic mass is 10.1. The number of ether oxygens (including phenoxy) is 1. The molecule has 0 spiro atoms. The van der Waals surface area contributed by atoms with Crippen LogP contribution in [-0.2, 0) is 6.42 Å². The standard InChI is InChI=1S/C14H10Cl2N2O/c1-19-14-10(6-5-9(18-14)7-8-17)13-11(15)3-2-4-12(13)16/h2-6H,7H2,1H3. The summed E-state index contributed by atoms with van der Waals surface area (Å²) in [6.45, 7) is 0. The second-order valence-corrected chi connectivity index (χ2v) is 4.61. The molecule has 0 fully saturated rings. The van der Waals surface area contributed by atoms with Crippen LogP contribution in [0.4, 0.5) is 0 Å². The van der Waals surface area contributed by atoms with Crippen molar-refractivity contribution < 1.29 is 4.74 Å². The quantitative estimate of drug-likeness (QED) is 0.854. The average Bonchev–Trinajstić information content (AvgIpc) is 2.40. The third kappa shape index (κ3) is 2.81. The minimum atomic E-state index is 0.229. The Bertz CT molecular complexity index is 630. The van der Waals surface area contributed by atoms with Gasteiger partial charge >= 0.3 is 0 Å². The monoisotopic (exact) mass is 292 g/mol. The normalized spacial score (nSPS) is 10.0. The summed E-state index contributed by atoms with van der Waals surface area (Å²) in [7, 11) is 1.52. The van der Waals surface area contributed by atoms with Crippen molar-refractivity contribution in [3.63, 3.8) is 0 Å². The Morgan fingerprint density at radius 3 is 2.47 bits per heavy atom. The lowest BCUT2D eigenvalue weighted by molar-refractivity contribution is 0.398. The highest BCUT2D eigenvalue weighted by Crippen LogP contribution is 2.38. The predicted octanol–water partition coefficient (Wildman–Crippen LogP) is 4.13. The van der Waals surface area contributed by atoms with Gasteiger partial charge in [-0.3, -0.25) is 0 Å². The van der Waals surface area contributed by atoms with E-state index in [9.17, 15) is 0 Å². The van der Waals surface area contributed by atoms with Crippen LogP contribution in [0.25, 0.3) is 11.1 Å². The zero-order chi connectivity index (χ0) is 13.8. The second kappa shape index (κ2) is 5.92. The molecule has 0 aliphatic carbocycles. The number of methoxy groups -OCH3 is 1. The molecule has 0 aliphatic rings. The van der Waals surface area contributed by atoms with E-state index in [1.165, 1.54) is 7.11 Å². The maximum Gasteiger partial charge on any atom is 0.221 e. The number of aromatic nitrogens is 1. The van der Waals surface area contributed by atoms with E-state index in [0.29, 0.717) is 32.7 Å². The molecule has 0 atom stereocenters. The molecule has 0 radical (unpaired) electrons. The first-order valence-electron chi connectivity index (χ1n) is 5.52. The fourth-order valence-corrected chi connectivity index (χ4v) is 2.36. The number of nitriles is 1. The second-order valence-electron chi connectivity index (χ2n) is 3.79. The van der Waals surface area contributed by atoms with Gasteiger partial charge in [-0.2, -0.15) is 5.26 Å². The van der Waals surface area contributed by atoms with Crippen molar-refractivity contribution in [2.45, 2.75) is 6.42 Å². The van der Waals surface area contributed by atoms with E-state index < -0.39 is 0 Å². The molecule has 2 rings (SSSR count). The van der Waals surface area contributed by atoms with Gasteiger partial charge in [0.15, 0.2) is 0 Å². The zero-order valence-corrected chi connectivity index (χ0v) is 11.7. The highest BCUT2D eigenvalue weighted by atomic mass is 35.5. The van der Waals surface area contributed by atoms with Crippen LogP contribution in [-0.4, -0.2) is 12.1 Å². The van der Waals surface area contributed by atoms with E-state index in [2.05, 4.69) is 4.98 Å². The van der Waals surface area contributed by atoms with Gasteiger partial charge < -0.3 is 4.74 Å². The highest BCUT2D eigenvalue weighted by Gasteiger charge is 2.14. The Labute approximate surface area is 121 Å². The molecule has 1 heterocycles. The van der Waals surface area contributed by atoms with Crippen LogP contribution in [0, 0.1) is 11.3 Å². The molecule has 1 aromatic heterocycles. The first-order chi connectivity index (χ1) is 9.17. The minimum Gasteiger partial charge on any atom is -0.481 e. The largest absolute Gasteiger partial charge is 0.481 e. The molecule has 96 valence electrons. The molecule has 19 heavy (non-hydrogen) atoms. The molecule has 3 nitrogen and oxygen atoms in total. The van der Waals surface area contributed by atoms with Gasteiger partial charge in [0.2, 0.25) is 5.88 Å². The smallest absolute Gasteiger partial charge is 0.221 e. The summed E-state index contributed by atoms with van der Waals surface area (Å²) >= 11 is 12.3. The molecule has 0 bridgehead atoms. The van der Waals surface area contributed by atoms with Gasteiger partial charge in [0.25, 0.3) is 0 Å². The topological polar surface area (TPSA) is 45.9 Å². The van der Waals surface area contributed by atoms with Crippen molar-refractivity contribution in [2.24, 2.45) is 0 Å². The molecular weight excluding hydrogens is 283 g/mol. The molecule has 0 aliphatic heterocycles. The highest BCUT2D eigenvalue weighted by molar-refractivity contribution is 6.39. The Kier molecular flexibility index (Phi) is 4.26. The van der Waals surface area contributed by atoms with Gasteiger partial charge in [-0.25, -0.2) is 4.98 Å². The molecule has 2 aromatic rings. The van der Waals surface area contributed by atoms with Gasteiger partial charge in [0, 0.05) is 11.1 Å². The summed E-state index contributed by atoms with van der Waals surface area (Å²) < 4.78 is 5.26. The van der Waals surface area contributed by atoms with Gasteiger partial charge in [-0.1, -0.05) is 29.3 Å². The maximum atomic E-state index is 8.68. The van der Waals surface area contributed by atoms with E-state index in [1.54, 1.807) is 24.3 Å². The van der Waals surface area contributed by atoms with Crippen LogP contribution in [0.15, 0.2) is 30.3 Å². The fraction of sp³-hybridized carbons (Fsp3) is 0.143. The van der Waals surface area contributed by atoms with Crippen LogP contribution in [0.2, 0.25) is 10.0 Å². The van der Waals surface area contributed by atoms with E-state index in [0.717, 1.165) is 0 Å². The summed E-state index contributed by atoms with van der Waals surface area (Å²) in [5, 5.41) is 9.74. The van der Waals surface area contributed by atoms with Gasteiger partial charge in [-0.05, 0) is 24.3 Å². The Balaban J connectivity index is 2.60. The Morgan fingerprint density at radius 1 is 1.21 bits per heavy atom. The van der Waals surface area contributed by atoms with Crippen molar-refractivity contribution in [1.29, 1.82) is 5.26 Å². The number of hydrogen-bond acceptors (Lipinski definition) is 3. The number of rotatable bonds is 3. The number of benzene rings is 1. The zero-order valence-electron chi connectivity index (χ0n) is 10.2. The third-order valence-electron chi connectivity index (χ3n) is 2.60. The van der Waals surface area contributed by atoms with Crippen molar-refractivity contribution >= 4 is 23.2 Å². The van der Waals surface area contributed by atoms with E-state index in [1.807, 2.05) is 12.1 Å². The lowest BCUT2D eigenvalue weighted by Crippen LogP contribution is -1.96. The fourth-order valence-electron chi connectivity index (χ4n) is 1.76. The van der Waals surface area contributed by atoms with Crippen LogP contribution < -0.4 is 4.74 Å². The van der Waals surface area contributed by atoms with Crippen LogP contribution in [0.5, 0.6) is 5.88 Å². The van der Waals surface area contributed by atoms with Crippen molar-refractivity contribution in [3.05, 3.63) is 46.1 Å². The lowest BCUT2D eigenvalue weighted by Gasteiger charge is -2.11. The van der Waals surface area contributed by atoms with Gasteiger partial charge in [0.1, 0.15) is 0 Å². The summed E-state index contributed by atoms with van der Waals surface area (Å²) in [4.78, 5) is 4.28. The predicted molar refractivity (Wildman–Crippen MR) is 75.6 cm³/mol. The number of hydrogen-bond donors (Lipinski definition) is 0. The van der Waals surface area contributed by atoms with E-state index in [4.69, 9.17) is 33.2 Å². The van der Waals surface area contributed by atoms with Crippen molar-refractivity contribution in [3.8, 4) is 23.1 Å². The van der Waals surface area contributed by atoms with Crippen molar-refractivity contribution in [2.75, 3.05) is 7.11 Å². The Hall–Kier alpha value is -1.76.